The van der Waals surface area contributed by atoms with Crippen LogP contribution in [0.3, 0.4) is 0 Å². The Morgan fingerprint density at radius 3 is 2.57 bits per heavy atom. The van der Waals surface area contributed by atoms with Crippen molar-refractivity contribution in [1.29, 1.82) is 0 Å². The van der Waals surface area contributed by atoms with Crippen molar-refractivity contribution in [3.8, 4) is 0 Å². The highest BCUT2D eigenvalue weighted by Crippen LogP contribution is 2.30. The molecule has 0 atom stereocenters. The molecule has 0 aromatic heterocycles. The first-order valence-electron chi connectivity index (χ1n) is 8.60. The minimum Gasteiger partial charge on any atom is -0.370 e. The molecule has 0 spiro atoms. The summed E-state index contributed by atoms with van der Waals surface area (Å²) in [6, 6.07) is 5.33. The van der Waals surface area contributed by atoms with Gasteiger partial charge in [-0.3, -0.25) is 9.59 Å². The molecule has 0 saturated carbocycles. The van der Waals surface area contributed by atoms with Crippen LogP contribution in [0.25, 0.3) is 0 Å². The highest BCUT2D eigenvalue weighted by atomic mass is 16.2. The first-order chi connectivity index (χ1) is 11.1. The van der Waals surface area contributed by atoms with E-state index in [0.717, 1.165) is 50.9 Å². The van der Waals surface area contributed by atoms with Crippen LogP contribution in [-0.4, -0.2) is 24.9 Å². The Kier molecular flexibility index (Phi) is 6.44. The molecule has 1 aliphatic heterocycles. The lowest BCUT2D eigenvalue weighted by molar-refractivity contribution is -0.116. The Morgan fingerprint density at radius 2 is 1.91 bits per heavy atom. The number of nitrogens with zero attached hydrogens (tertiary/aromatic N) is 1. The number of hydrogen-bond donors (Lipinski definition) is 2. The summed E-state index contributed by atoms with van der Waals surface area (Å²) >= 11 is 0. The molecule has 2 amide bonds. The second-order valence-corrected chi connectivity index (χ2v) is 6.15. The fraction of sp³-hybridized carbons (Fsp3) is 0.556. The maximum Gasteiger partial charge on any atom is 0.248 e. The van der Waals surface area contributed by atoms with Gasteiger partial charge in [-0.15, -0.1) is 0 Å². The molecular formula is C18H27N3O2. The van der Waals surface area contributed by atoms with E-state index in [4.69, 9.17) is 5.73 Å². The molecule has 5 heteroatoms. The monoisotopic (exact) mass is 317 g/mol. The number of primary amides is 1. The molecule has 1 aromatic rings. The van der Waals surface area contributed by atoms with Crippen LogP contribution in [0.4, 0.5) is 11.4 Å². The zero-order valence-corrected chi connectivity index (χ0v) is 13.9. The quantitative estimate of drug-likeness (QED) is 0.758. The lowest BCUT2D eigenvalue weighted by atomic mass is 10.1. The van der Waals surface area contributed by atoms with Gasteiger partial charge in [0.1, 0.15) is 0 Å². The SMILES string of the molecule is CCCCCC(=O)Nc1cc(C(N)=O)ccc1N1CCCCC1. The highest BCUT2D eigenvalue weighted by Gasteiger charge is 2.17. The third-order valence-electron chi connectivity index (χ3n) is 4.26. The number of nitrogens with one attached hydrogen (secondary N) is 1. The van der Waals surface area contributed by atoms with Gasteiger partial charge in [-0.2, -0.15) is 0 Å². The molecule has 0 radical (unpaired) electrons. The van der Waals surface area contributed by atoms with Crippen LogP contribution in [0, 0.1) is 0 Å². The number of piperidine rings is 1. The molecule has 0 bridgehead atoms. The first kappa shape index (κ1) is 17.3. The van der Waals surface area contributed by atoms with Crippen molar-refractivity contribution in [2.24, 2.45) is 5.73 Å². The summed E-state index contributed by atoms with van der Waals surface area (Å²) in [4.78, 5) is 25.9. The Hall–Kier alpha value is -2.04. The van der Waals surface area contributed by atoms with E-state index < -0.39 is 5.91 Å². The molecule has 5 nitrogen and oxygen atoms in total. The molecule has 1 aliphatic rings. The van der Waals surface area contributed by atoms with Gasteiger partial charge in [0.2, 0.25) is 11.8 Å². The third-order valence-corrected chi connectivity index (χ3v) is 4.26. The largest absolute Gasteiger partial charge is 0.370 e. The minimum absolute atomic E-state index is 0.00155. The molecule has 1 saturated heterocycles. The lowest BCUT2D eigenvalue weighted by Gasteiger charge is -2.30. The van der Waals surface area contributed by atoms with Crippen LogP contribution < -0.4 is 16.0 Å². The summed E-state index contributed by atoms with van der Waals surface area (Å²) < 4.78 is 0. The number of benzene rings is 1. The van der Waals surface area contributed by atoms with Crippen molar-refractivity contribution in [2.45, 2.75) is 51.9 Å². The average Bonchev–Trinajstić information content (AvgIpc) is 2.55. The van der Waals surface area contributed by atoms with Crippen molar-refractivity contribution >= 4 is 23.2 Å². The summed E-state index contributed by atoms with van der Waals surface area (Å²) in [6.45, 7) is 4.08. The summed E-state index contributed by atoms with van der Waals surface area (Å²) in [5.41, 5.74) is 7.48. The van der Waals surface area contributed by atoms with Crippen LogP contribution >= 0.6 is 0 Å². The van der Waals surface area contributed by atoms with Crippen molar-refractivity contribution < 1.29 is 9.59 Å². The number of carbonyl (C=O) groups is 2. The van der Waals surface area contributed by atoms with E-state index in [-0.39, 0.29) is 5.91 Å². The van der Waals surface area contributed by atoms with Gasteiger partial charge in [0.05, 0.1) is 11.4 Å². The summed E-state index contributed by atoms with van der Waals surface area (Å²) in [6.07, 6.45) is 7.08. The van der Waals surface area contributed by atoms with Crippen molar-refractivity contribution in [3.05, 3.63) is 23.8 Å². The number of unbranched alkanes of at least 4 members (excludes halogenated alkanes) is 2. The Balaban J connectivity index is 2.16. The number of nitrogens with two attached hydrogens (primary N) is 1. The topological polar surface area (TPSA) is 75.4 Å². The first-order valence-corrected chi connectivity index (χ1v) is 8.60. The molecule has 126 valence electrons. The highest BCUT2D eigenvalue weighted by molar-refractivity contribution is 5.99. The van der Waals surface area contributed by atoms with Gasteiger partial charge in [0, 0.05) is 25.1 Å². The van der Waals surface area contributed by atoms with Crippen molar-refractivity contribution in [1.82, 2.24) is 0 Å². The minimum atomic E-state index is -0.475. The summed E-state index contributed by atoms with van der Waals surface area (Å²) in [7, 11) is 0. The van der Waals surface area contributed by atoms with Gasteiger partial charge >= 0.3 is 0 Å². The van der Waals surface area contributed by atoms with Crippen molar-refractivity contribution in [3.63, 3.8) is 0 Å². The van der Waals surface area contributed by atoms with Gasteiger partial charge in [0.15, 0.2) is 0 Å². The molecule has 1 heterocycles. The van der Waals surface area contributed by atoms with E-state index in [0.29, 0.717) is 17.7 Å². The smallest absolute Gasteiger partial charge is 0.248 e. The third kappa shape index (κ3) is 4.98. The normalized spacial score (nSPS) is 14.6. The molecule has 23 heavy (non-hydrogen) atoms. The molecular weight excluding hydrogens is 290 g/mol. The van der Waals surface area contributed by atoms with Gasteiger partial charge in [0.25, 0.3) is 0 Å². The molecule has 1 fully saturated rings. The summed E-state index contributed by atoms with van der Waals surface area (Å²) in [5.74, 6) is -0.477. The van der Waals surface area contributed by atoms with Crippen LogP contribution in [-0.2, 0) is 4.79 Å². The number of amides is 2. The molecule has 3 N–H and O–H groups in total. The maximum absolute atomic E-state index is 12.2. The van der Waals surface area contributed by atoms with E-state index in [1.807, 2.05) is 6.07 Å². The summed E-state index contributed by atoms with van der Waals surface area (Å²) in [5, 5.41) is 2.97. The van der Waals surface area contributed by atoms with Crippen LogP contribution in [0.2, 0.25) is 0 Å². The number of rotatable bonds is 7. The molecule has 2 rings (SSSR count). The van der Waals surface area contributed by atoms with Gasteiger partial charge in [-0.25, -0.2) is 0 Å². The van der Waals surface area contributed by atoms with Gasteiger partial charge in [-0.05, 0) is 43.9 Å². The lowest BCUT2D eigenvalue weighted by Crippen LogP contribution is -2.30. The molecule has 0 aliphatic carbocycles. The maximum atomic E-state index is 12.2. The Morgan fingerprint density at radius 1 is 1.17 bits per heavy atom. The van der Waals surface area contributed by atoms with E-state index in [1.54, 1.807) is 12.1 Å². The zero-order chi connectivity index (χ0) is 16.7. The van der Waals surface area contributed by atoms with Crippen molar-refractivity contribution in [2.75, 3.05) is 23.3 Å². The van der Waals surface area contributed by atoms with Crippen LogP contribution in [0.1, 0.15) is 62.2 Å². The number of carbonyl (C=O) groups excluding carboxylic acids is 2. The standard InChI is InChI=1S/C18H27N3O2/c1-2-3-5-8-17(22)20-15-13-14(18(19)23)9-10-16(15)21-11-6-4-7-12-21/h9-10,13H,2-8,11-12H2,1H3,(H2,19,23)(H,20,22). The Labute approximate surface area is 138 Å². The number of anilines is 2. The van der Waals surface area contributed by atoms with Crippen LogP contribution in [0.15, 0.2) is 18.2 Å². The second kappa shape index (κ2) is 8.56. The van der Waals surface area contributed by atoms with E-state index in [2.05, 4.69) is 17.1 Å². The Bertz CT molecular complexity index is 551. The number of hydrogen-bond acceptors (Lipinski definition) is 3. The zero-order valence-electron chi connectivity index (χ0n) is 13.9. The van der Waals surface area contributed by atoms with E-state index in [1.165, 1.54) is 6.42 Å². The fourth-order valence-corrected chi connectivity index (χ4v) is 2.95. The molecule has 1 aromatic carbocycles. The molecule has 0 unspecified atom stereocenters. The second-order valence-electron chi connectivity index (χ2n) is 6.15. The average molecular weight is 317 g/mol. The predicted octanol–water partition coefficient (Wildman–Crippen LogP) is 3.29. The van der Waals surface area contributed by atoms with Crippen LogP contribution in [0.5, 0.6) is 0 Å². The fourth-order valence-electron chi connectivity index (χ4n) is 2.95. The predicted molar refractivity (Wildman–Crippen MR) is 93.8 cm³/mol. The van der Waals surface area contributed by atoms with E-state index >= 15 is 0 Å². The van der Waals surface area contributed by atoms with Gasteiger partial charge < -0.3 is 16.0 Å². The van der Waals surface area contributed by atoms with E-state index in [9.17, 15) is 9.59 Å². The van der Waals surface area contributed by atoms with Gasteiger partial charge in [-0.1, -0.05) is 19.8 Å².